The Morgan fingerprint density at radius 3 is 3.04 bits per heavy atom. The predicted molar refractivity (Wildman–Crippen MR) is 90.2 cm³/mol. The van der Waals surface area contributed by atoms with Gasteiger partial charge in [0.25, 0.3) is 0 Å². The fourth-order valence-electron chi connectivity index (χ4n) is 3.21. The fourth-order valence-corrected chi connectivity index (χ4v) is 4.01. The molecule has 1 aliphatic rings. The molecule has 0 aliphatic carbocycles. The first-order valence-electron chi connectivity index (χ1n) is 7.75. The average Bonchev–Trinajstić information content (AvgIpc) is 3.26. The van der Waals surface area contributed by atoms with Crippen molar-refractivity contribution in [2.45, 2.75) is 19.0 Å². The number of hydrogen-bond donors (Lipinski definition) is 1. The van der Waals surface area contributed by atoms with Gasteiger partial charge in [-0.3, -0.25) is 4.90 Å². The van der Waals surface area contributed by atoms with Crippen molar-refractivity contribution >= 4 is 11.3 Å². The van der Waals surface area contributed by atoms with Crippen LogP contribution in [0.2, 0.25) is 0 Å². The van der Waals surface area contributed by atoms with Gasteiger partial charge in [0, 0.05) is 24.0 Å². The van der Waals surface area contributed by atoms with Crippen LogP contribution in [0, 0.1) is 0 Å². The van der Waals surface area contributed by atoms with Crippen molar-refractivity contribution in [3.05, 3.63) is 65.1 Å². The summed E-state index contributed by atoms with van der Waals surface area (Å²) in [7, 11) is 0. The van der Waals surface area contributed by atoms with Crippen LogP contribution >= 0.6 is 11.3 Å². The third-order valence-electron chi connectivity index (χ3n) is 4.38. The number of rotatable bonds is 4. The molecule has 1 N–H and O–H groups in total. The number of aliphatic hydroxyl groups excluding tert-OH is 1. The van der Waals surface area contributed by atoms with E-state index in [1.54, 1.807) is 23.9 Å². The molecule has 2 aromatic heterocycles. The summed E-state index contributed by atoms with van der Waals surface area (Å²) in [6, 6.07) is 10.4. The summed E-state index contributed by atoms with van der Waals surface area (Å²) in [5, 5.41) is 12.9. The summed E-state index contributed by atoms with van der Waals surface area (Å²) in [6.45, 7) is 1.84. The van der Waals surface area contributed by atoms with Gasteiger partial charge in [-0.15, -0.1) is 11.3 Å². The maximum atomic E-state index is 9.87. The molecular weight excluding hydrogens is 308 g/mol. The second kappa shape index (κ2) is 6.28. The molecule has 1 unspecified atom stereocenters. The first kappa shape index (κ1) is 14.6. The third-order valence-corrected chi connectivity index (χ3v) is 5.32. The average molecular weight is 326 g/mol. The normalized spacial score (nSPS) is 18.0. The lowest BCUT2D eigenvalue weighted by atomic mass is 9.93. The number of aromatic nitrogens is 1. The highest BCUT2D eigenvalue weighted by Crippen LogP contribution is 2.31. The van der Waals surface area contributed by atoms with E-state index in [-0.39, 0.29) is 12.6 Å². The molecule has 23 heavy (non-hydrogen) atoms. The molecule has 1 aliphatic heterocycles. The van der Waals surface area contributed by atoms with E-state index in [9.17, 15) is 5.11 Å². The van der Waals surface area contributed by atoms with E-state index in [4.69, 9.17) is 9.40 Å². The molecule has 0 saturated carbocycles. The van der Waals surface area contributed by atoms with Crippen LogP contribution in [0.1, 0.15) is 22.9 Å². The second-order valence-corrected chi connectivity index (χ2v) is 6.63. The highest BCUT2D eigenvalue weighted by Gasteiger charge is 2.27. The molecule has 1 aromatic carbocycles. The van der Waals surface area contributed by atoms with Crippen LogP contribution in [-0.2, 0) is 13.0 Å². The minimum Gasteiger partial charge on any atom is -0.472 e. The van der Waals surface area contributed by atoms with Crippen LogP contribution in [0.25, 0.3) is 10.6 Å². The summed E-state index contributed by atoms with van der Waals surface area (Å²) in [4.78, 5) is 7.02. The van der Waals surface area contributed by atoms with Gasteiger partial charge in [0.2, 0.25) is 0 Å². The lowest BCUT2D eigenvalue weighted by molar-refractivity contribution is 0.107. The van der Waals surface area contributed by atoms with Gasteiger partial charge in [-0.25, -0.2) is 4.98 Å². The molecule has 0 radical (unpaired) electrons. The third kappa shape index (κ3) is 2.83. The Kier molecular flexibility index (Phi) is 3.99. The van der Waals surface area contributed by atoms with Crippen molar-refractivity contribution in [3.63, 3.8) is 0 Å². The highest BCUT2D eigenvalue weighted by atomic mass is 32.1. The number of fused-ring (bicyclic) bond motifs is 1. The van der Waals surface area contributed by atoms with Gasteiger partial charge in [0.1, 0.15) is 11.3 Å². The van der Waals surface area contributed by atoms with Crippen LogP contribution in [-0.4, -0.2) is 28.1 Å². The minimum atomic E-state index is 0.0547. The summed E-state index contributed by atoms with van der Waals surface area (Å²) < 4.78 is 5.12. The van der Waals surface area contributed by atoms with Gasteiger partial charge in [0.15, 0.2) is 0 Å². The molecule has 0 fully saturated rings. The van der Waals surface area contributed by atoms with E-state index in [1.165, 1.54) is 11.1 Å². The van der Waals surface area contributed by atoms with Gasteiger partial charge in [-0.05, 0) is 23.6 Å². The molecule has 118 valence electrons. The van der Waals surface area contributed by atoms with Crippen molar-refractivity contribution in [2.75, 3.05) is 13.2 Å². The minimum absolute atomic E-state index is 0.0547. The summed E-state index contributed by atoms with van der Waals surface area (Å²) >= 11 is 1.63. The van der Waals surface area contributed by atoms with Crippen LogP contribution in [0.5, 0.6) is 0 Å². The fraction of sp³-hybridized carbons (Fsp3) is 0.278. The molecule has 0 saturated heterocycles. The number of benzene rings is 1. The largest absolute Gasteiger partial charge is 0.472 e. The summed E-state index contributed by atoms with van der Waals surface area (Å²) in [5.41, 5.74) is 4.65. The Bertz CT molecular complexity index is 782. The lowest BCUT2D eigenvalue weighted by Gasteiger charge is -2.35. The SMILES string of the molecule is OCC1c2ccccc2CCN1Cc1csc(-c2ccoc2)n1. The quantitative estimate of drug-likeness (QED) is 0.797. The van der Waals surface area contributed by atoms with Gasteiger partial charge in [-0.1, -0.05) is 24.3 Å². The second-order valence-electron chi connectivity index (χ2n) is 5.77. The standard InChI is InChI=1S/C18H18N2O2S/c21-10-17-16-4-2-1-3-13(16)5-7-20(17)9-15-12-23-18(19-15)14-6-8-22-11-14/h1-4,6,8,11-12,17,21H,5,7,9-10H2. The Labute approximate surface area is 139 Å². The van der Waals surface area contributed by atoms with Gasteiger partial charge in [-0.2, -0.15) is 0 Å². The van der Waals surface area contributed by atoms with Gasteiger partial charge >= 0.3 is 0 Å². The maximum Gasteiger partial charge on any atom is 0.126 e. The summed E-state index contributed by atoms with van der Waals surface area (Å²) in [5.74, 6) is 0. The monoisotopic (exact) mass is 326 g/mol. The van der Waals surface area contributed by atoms with E-state index in [0.29, 0.717) is 0 Å². The van der Waals surface area contributed by atoms with E-state index in [1.807, 2.05) is 12.1 Å². The Hall–Kier alpha value is -1.95. The number of furan rings is 1. The zero-order chi connectivity index (χ0) is 15.6. The first-order chi connectivity index (χ1) is 11.3. The van der Waals surface area contributed by atoms with Crippen molar-refractivity contribution in [3.8, 4) is 10.6 Å². The Morgan fingerprint density at radius 2 is 2.22 bits per heavy atom. The van der Waals surface area contributed by atoms with Crippen LogP contribution in [0.4, 0.5) is 0 Å². The predicted octanol–water partition coefficient (Wildman–Crippen LogP) is 3.49. The van der Waals surface area contributed by atoms with Crippen LogP contribution < -0.4 is 0 Å². The van der Waals surface area contributed by atoms with Crippen LogP contribution in [0.3, 0.4) is 0 Å². The van der Waals surface area contributed by atoms with Crippen molar-refractivity contribution in [2.24, 2.45) is 0 Å². The van der Waals surface area contributed by atoms with Crippen molar-refractivity contribution < 1.29 is 9.52 Å². The van der Waals surface area contributed by atoms with E-state index in [0.717, 1.165) is 35.8 Å². The number of hydrogen-bond acceptors (Lipinski definition) is 5. The van der Waals surface area contributed by atoms with Gasteiger partial charge in [0.05, 0.1) is 24.6 Å². The van der Waals surface area contributed by atoms with Crippen molar-refractivity contribution in [1.82, 2.24) is 9.88 Å². The lowest BCUT2D eigenvalue weighted by Crippen LogP contribution is -2.36. The molecule has 3 aromatic rings. The molecule has 0 amide bonds. The van der Waals surface area contributed by atoms with Gasteiger partial charge < -0.3 is 9.52 Å². The van der Waals surface area contributed by atoms with E-state index < -0.39 is 0 Å². The number of nitrogens with zero attached hydrogens (tertiary/aromatic N) is 2. The molecule has 1 atom stereocenters. The zero-order valence-electron chi connectivity index (χ0n) is 12.7. The Balaban J connectivity index is 1.55. The zero-order valence-corrected chi connectivity index (χ0v) is 13.5. The van der Waals surface area contributed by atoms with Crippen molar-refractivity contribution in [1.29, 1.82) is 0 Å². The molecule has 4 rings (SSSR count). The Morgan fingerprint density at radius 1 is 1.30 bits per heavy atom. The van der Waals surface area contributed by atoms with E-state index >= 15 is 0 Å². The molecule has 4 nitrogen and oxygen atoms in total. The molecule has 0 bridgehead atoms. The highest BCUT2D eigenvalue weighted by molar-refractivity contribution is 7.13. The topological polar surface area (TPSA) is 49.5 Å². The maximum absolute atomic E-state index is 9.87. The molecule has 3 heterocycles. The smallest absolute Gasteiger partial charge is 0.126 e. The molecule has 5 heteroatoms. The van der Waals surface area contributed by atoms with E-state index in [2.05, 4.69) is 28.5 Å². The summed E-state index contributed by atoms with van der Waals surface area (Å²) in [6.07, 6.45) is 4.40. The number of aliphatic hydroxyl groups is 1. The first-order valence-corrected chi connectivity index (χ1v) is 8.63. The number of thiazole rings is 1. The molecule has 0 spiro atoms. The van der Waals surface area contributed by atoms with Crippen LogP contribution in [0.15, 0.2) is 52.7 Å². The molecular formula is C18H18N2O2S.